The van der Waals surface area contributed by atoms with Crippen molar-refractivity contribution in [2.45, 2.75) is 13.0 Å². The molecule has 3 rings (SSSR count). The minimum Gasteiger partial charge on any atom is -0.423 e. The highest BCUT2D eigenvalue weighted by molar-refractivity contribution is 6.58. The van der Waals surface area contributed by atoms with Gasteiger partial charge in [0.05, 0.1) is 0 Å². The molecule has 0 unspecified atom stereocenters. The molecule has 3 nitrogen and oxygen atoms in total. The van der Waals surface area contributed by atoms with E-state index in [2.05, 4.69) is 4.90 Å². The predicted octanol–water partition coefficient (Wildman–Crippen LogP) is 1.07. The van der Waals surface area contributed by atoms with Gasteiger partial charge in [0.15, 0.2) is 0 Å². The van der Waals surface area contributed by atoms with Gasteiger partial charge in [-0.2, -0.15) is 0 Å². The first-order chi connectivity index (χ1) is 9.63. The quantitative estimate of drug-likeness (QED) is 0.821. The van der Waals surface area contributed by atoms with E-state index in [4.69, 9.17) is 10.0 Å². The zero-order valence-electron chi connectivity index (χ0n) is 11.0. The van der Waals surface area contributed by atoms with E-state index in [1.54, 1.807) is 18.2 Å². The van der Waals surface area contributed by atoms with Crippen LogP contribution in [0.25, 0.3) is 0 Å². The molecule has 0 spiro atoms. The fourth-order valence-electron chi connectivity index (χ4n) is 2.60. The second kappa shape index (κ2) is 5.27. The zero-order chi connectivity index (χ0) is 14.1. The molecule has 2 N–H and O–H groups in total. The third-order valence-corrected chi connectivity index (χ3v) is 3.69. The smallest absolute Gasteiger partial charge is 0.423 e. The second-order valence-corrected chi connectivity index (χ2v) is 5.06. The average molecular weight is 271 g/mol. The van der Waals surface area contributed by atoms with Crippen molar-refractivity contribution in [2.75, 3.05) is 11.4 Å². The van der Waals surface area contributed by atoms with Crippen LogP contribution >= 0.6 is 0 Å². The fourth-order valence-corrected chi connectivity index (χ4v) is 2.60. The lowest BCUT2D eigenvalue weighted by Gasteiger charge is -2.19. The summed E-state index contributed by atoms with van der Waals surface area (Å²) in [6.07, 6.45) is 0.934. The van der Waals surface area contributed by atoms with E-state index >= 15 is 0 Å². The predicted molar refractivity (Wildman–Crippen MR) is 77.4 cm³/mol. The highest BCUT2D eigenvalue weighted by atomic mass is 19.1. The Bertz CT molecular complexity index is 616. The first-order valence-electron chi connectivity index (χ1n) is 6.62. The topological polar surface area (TPSA) is 43.7 Å². The van der Waals surface area contributed by atoms with Gasteiger partial charge in [0.1, 0.15) is 5.82 Å². The summed E-state index contributed by atoms with van der Waals surface area (Å²) in [4.78, 5) is 2.14. The number of hydrogen-bond acceptors (Lipinski definition) is 3. The van der Waals surface area contributed by atoms with Crippen molar-refractivity contribution in [3.8, 4) is 0 Å². The molecule has 0 fully saturated rings. The molecule has 0 saturated carbocycles. The lowest BCUT2D eigenvalue weighted by molar-refractivity contribution is 0.426. The molecule has 0 amide bonds. The summed E-state index contributed by atoms with van der Waals surface area (Å²) >= 11 is 0. The Morgan fingerprint density at radius 2 is 1.85 bits per heavy atom. The van der Waals surface area contributed by atoms with Crippen LogP contribution in [0.2, 0.25) is 0 Å². The van der Waals surface area contributed by atoms with Crippen LogP contribution in [0, 0.1) is 5.82 Å². The van der Waals surface area contributed by atoms with Crippen molar-refractivity contribution in [1.29, 1.82) is 0 Å². The molecule has 5 heteroatoms. The van der Waals surface area contributed by atoms with E-state index in [0.29, 0.717) is 12.0 Å². The highest BCUT2D eigenvalue weighted by Gasteiger charge is 2.19. The average Bonchev–Trinajstić information content (AvgIpc) is 2.82. The van der Waals surface area contributed by atoms with Gasteiger partial charge in [-0.1, -0.05) is 30.3 Å². The van der Waals surface area contributed by atoms with Gasteiger partial charge in [0.2, 0.25) is 0 Å². The second-order valence-electron chi connectivity index (χ2n) is 5.06. The molecule has 0 aliphatic carbocycles. The van der Waals surface area contributed by atoms with Gasteiger partial charge in [0, 0.05) is 18.8 Å². The van der Waals surface area contributed by atoms with Crippen LogP contribution < -0.4 is 10.4 Å². The van der Waals surface area contributed by atoms with E-state index in [1.165, 1.54) is 11.6 Å². The maximum Gasteiger partial charge on any atom is 0.488 e. The van der Waals surface area contributed by atoms with Crippen LogP contribution in [0.1, 0.15) is 11.1 Å². The molecule has 20 heavy (non-hydrogen) atoms. The summed E-state index contributed by atoms with van der Waals surface area (Å²) in [6.45, 7) is 1.57. The number of halogens is 1. The van der Waals surface area contributed by atoms with Crippen LogP contribution in [0.3, 0.4) is 0 Å². The highest BCUT2D eigenvalue weighted by Crippen LogP contribution is 2.29. The first-order valence-corrected chi connectivity index (χ1v) is 6.62. The van der Waals surface area contributed by atoms with Crippen molar-refractivity contribution >= 4 is 18.3 Å². The number of nitrogens with zero attached hydrogens (tertiary/aromatic N) is 1. The maximum absolute atomic E-state index is 13.3. The summed E-state index contributed by atoms with van der Waals surface area (Å²) in [6, 6.07) is 12.0. The Morgan fingerprint density at radius 3 is 2.55 bits per heavy atom. The van der Waals surface area contributed by atoms with Gasteiger partial charge in [0.25, 0.3) is 0 Å². The SMILES string of the molecule is OB(O)c1ccc(CN2CCc3ccc(F)cc32)cc1. The standard InChI is InChI=1S/C15H15BFNO2/c17-14-6-3-12-7-8-18(15(12)9-14)10-11-1-4-13(5-2-11)16(19)20/h1-6,9,19-20H,7-8,10H2. The number of benzene rings is 2. The van der Waals surface area contributed by atoms with Crippen LogP contribution in [0.5, 0.6) is 0 Å². The Kier molecular flexibility index (Phi) is 3.46. The van der Waals surface area contributed by atoms with Gasteiger partial charge in [-0.05, 0) is 35.1 Å². The molecule has 0 atom stereocenters. The molecule has 0 radical (unpaired) electrons. The van der Waals surface area contributed by atoms with Crippen molar-refractivity contribution < 1.29 is 14.4 Å². The van der Waals surface area contributed by atoms with Gasteiger partial charge >= 0.3 is 7.12 Å². The van der Waals surface area contributed by atoms with E-state index < -0.39 is 7.12 Å². The Balaban J connectivity index is 1.78. The van der Waals surface area contributed by atoms with Crippen molar-refractivity contribution in [2.24, 2.45) is 0 Å². The molecule has 0 aromatic heterocycles. The molecule has 1 aliphatic rings. The van der Waals surface area contributed by atoms with Crippen LogP contribution in [-0.4, -0.2) is 23.7 Å². The third-order valence-electron chi connectivity index (χ3n) is 3.69. The molecule has 1 aliphatic heterocycles. The minimum atomic E-state index is -1.44. The Labute approximate surface area is 117 Å². The largest absolute Gasteiger partial charge is 0.488 e. The van der Waals surface area contributed by atoms with Gasteiger partial charge in [-0.3, -0.25) is 0 Å². The fraction of sp³-hybridized carbons (Fsp3) is 0.200. The number of rotatable bonds is 3. The normalized spacial score (nSPS) is 13.4. The zero-order valence-corrected chi connectivity index (χ0v) is 11.0. The summed E-state index contributed by atoms with van der Waals surface area (Å²) in [5.74, 6) is -0.214. The lowest BCUT2D eigenvalue weighted by atomic mass is 9.80. The van der Waals surface area contributed by atoms with Crippen molar-refractivity contribution in [3.63, 3.8) is 0 Å². The number of fused-ring (bicyclic) bond motifs is 1. The summed E-state index contributed by atoms with van der Waals surface area (Å²) in [7, 11) is -1.44. The molecular weight excluding hydrogens is 256 g/mol. The molecule has 0 bridgehead atoms. The summed E-state index contributed by atoms with van der Waals surface area (Å²) < 4.78 is 13.3. The van der Waals surface area contributed by atoms with E-state index in [0.717, 1.165) is 24.2 Å². The monoisotopic (exact) mass is 271 g/mol. The van der Waals surface area contributed by atoms with E-state index in [-0.39, 0.29) is 5.82 Å². The van der Waals surface area contributed by atoms with Gasteiger partial charge < -0.3 is 14.9 Å². The van der Waals surface area contributed by atoms with Crippen molar-refractivity contribution in [1.82, 2.24) is 0 Å². The van der Waals surface area contributed by atoms with Crippen molar-refractivity contribution in [3.05, 3.63) is 59.4 Å². The lowest BCUT2D eigenvalue weighted by Crippen LogP contribution is -2.29. The van der Waals surface area contributed by atoms with E-state index in [9.17, 15) is 4.39 Å². The van der Waals surface area contributed by atoms with E-state index in [1.807, 2.05) is 18.2 Å². The number of anilines is 1. The van der Waals surface area contributed by atoms with Gasteiger partial charge in [-0.15, -0.1) is 0 Å². The summed E-state index contributed by atoms with van der Waals surface area (Å²) in [5.41, 5.74) is 3.66. The summed E-state index contributed by atoms with van der Waals surface area (Å²) in [5, 5.41) is 18.1. The molecule has 2 aromatic carbocycles. The molecule has 0 saturated heterocycles. The van der Waals surface area contributed by atoms with Crippen LogP contribution in [0.4, 0.5) is 10.1 Å². The van der Waals surface area contributed by atoms with Crippen LogP contribution in [0.15, 0.2) is 42.5 Å². The maximum atomic E-state index is 13.3. The Morgan fingerprint density at radius 1 is 1.10 bits per heavy atom. The minimum absolute atomic E-state index is 0.214. The molecule has 2 aromatic rings. The van der Waals surface area contributed by atoms with Gasteiger partial charge in [-0.25, -0.2) is 4.39 Å². The third kappa shape index (κ3) is 2.55. The number of hydrogen-bond donors (Lipinski definition) is 2. The molecular formula is C15H15BFNO2. The first kappa shape index (κ1) is 13.2. The van der Waals surface area contributed by atoms with Crippen LogP contribution in [-0.2, 0) is 13.0 Å². The molecule has 1 heterocycles. The molecule has 102 valence electrons. The Hall–Kier alpha value is -1.85.